The highest BCUT2D eigenvalue weighted by Gasteiger charge is 2.31. The number of hydrogen-bond acceptors (Lipinski definition) is 5. The quantitative estimate of drug-likeness (QED) is 0.640. The number of amides is 1. The van der Waals surface area contributed by atoms with Gasteiger partial charge in [0.05, 0.1) is 22.0 Å². The molecule has 146 valence electrons. The summed E-state index contributed by atoms with van der Waals surface area (Å²) in [4.78, 5) is 32.1. The summed E-state index contributed by atoms with van der Waals surface area (Å²) in [5.74, 6) is -0.826. The number of aromatic nitrogens is 3. The number of carbonyl (C=O) groups is 1. The molecule has 3 rings (SSSR count). The topological polar surface area (TPSA) is 76.4 Å². The highest BCUT2D eigenvalue weighted by atomic mass is 35.5. The molecule has 0 saturated carbocycles. The Labute approximate surface area is 165 Å². The molecule has 0 fully saturated rings. The molecule has 1 amide bonds. The van der Waals surface area contributed by atoms with Crippen molar-refractivity contribution in [3.63, 3.8) is 0 Å². The summed E-state index contributed by atoms with van der Waals surface area (Å²) in [6, 6.07) is 6.06. The number of aryl methyl sites for hydroxylation is 1. The van der Waals surface area contributed by atoms with Crippen molar-refractivity contribution in [1.82, 2.24) is 14.4 Å². The molecule has 2 aromatic heterocycles. The van der Waals surface area contributed by atoms with Gasteiger partial charge in [0.15, 0.2) is 5.16 Å². The minimum Gasteiger partial charge on any atom is -0.324 e. The lowest BCUT2D eigenvalue weighted by molar-refractivity contribution is -0.137. The van der Waals surface area contributed by atoms with Crippen LogP contribution >= 0.6 is 23.4 Å². The maximum absolute atomic E-state index is 12.8. The molecule has 0 spiro atoms. The summed E-state index contributed by atoms with van der Waals surface area (Å²) in [7, 11) is 0. The van der Waals surface area contributed by atoms with Crippen molar-refractivity contribution in [2.45, 2.75) is 18.3 Å². The second-order valence-electron chi connectivity index (χ2n) is 5.75. The van der Waals surface area contributed by atoms with E-state index in [0.29, 0.717) is 5.65 Å². The van der Waals surface area contributed by atoms with Crippen LogP contribution in [-0.2, 0) is 11.0 Å². The second-order valence-corrected chi connectivity index (χ2v) is 7.10. The average molecular weight is 429 g/mol. The Kier molecular flexibility index (Phi) is 5.61. The van der Waals surface area contributed by atoms with Crippen LogP contribution in [0.25, 0.3) is 5.65 Å². The van der Waals surface area contributed by atoms with Crippen LogP contribution in [0.2, 0.25) is 5.02 Å². The van der Waals surface area contributed by atoms with E-state index in [9.17, 15) is 22.8 Å². The molecule has 0 aliphatic carbocycles. The lowest BCUT2D eigenvalue weighted by Gasteiger charge is -2.11. The molecule has 0 bridgehead atoms. The van der Waals surface area contributed by atoms with E-state index in [-0.39, 0.29) is 21.6 Å². The zero-order valence-corrected chi connectivity index (χ0v) is 15.8. The van der Waals surface area contributed by atoms with Gasteiger partial charge >= 0.3 is 11.9 Å². The number of benzene rings is 1. The summed E-state index contributed by atoms with van der Waals surface area (Å²) < 4.78 is 39.6. The Bertz CT molecular complexity index is 1120. The molecule has 11 heteroatoms. The van der Waals surface area contributed by atoms with Crippen molar-refractivity contribution in [1.29, 1.82) is 0 Å². The van der Waals surface area contributed by atoms with Crippen molar-refractivity contribution < 1.29 is 18.0 Å². The van der Waals surface area contributed by atoms with E-state index in [2.05, 4.69) is 15.3 Å². The maximum Gasteiger partial charge on any atom is 0.416 e. The highest BCUT2D eigenvalue weighted by Crippen LogP contribution is 2.33. The number of anilines is 1. The van der Waals surface area contributed by atoms with Crippen LogP contribution in [-0.4, -0.2) is 26.0 Å². The lowest BCUT2D eigenvalue weighted by atomic mass is 10.2. The molecular formula is C17H12ClF3N4O2S. The Morgan fingerprint density at radius 3 is 2.71 bits per heavy atom. The van der Waals surface area contributed by atoms with Crippen molar-refractivity contribution in [2.24, 2.45) is 0 Å². The number of hydrogen-bond donors (Lipinski definition) is 1. The van der Waals surface area contributed by atoms with Crippen molar-refractivity contribution >= 4 is 40.6 Å². The van der Waals surface area contributed by atoms with Gasteiger partial charge in [0.2, 0.25) is 5.91 Å². The molecule has 1 N–H and O–H groups in total. The molecule has 0 saturated heterocycles. The summed E-state index contributed by atoms with van der Waals surface area (Å²) in [6.07, 6.45) is -2.97. The van der Waals surface area contributed by atoms with E-state index in [0.717, 1.165) is 35.5 Å². The van der Waals surface area contributed by atoms with Gasteiger partial charge in [0.25, 0.3) is 0 Å². The third-order valence-electron chi connectivity index (χ3n) is 3.58. The molecule has 28 heavy (non-hydrogen) atoms. The van der Waals surface area contributed by atoms with Crippen LogP contribution in [0.5, 0.6) is 0 Å². The molecule has 1 aromatic carbocycles. The minimum atomic E-state index is -4.56. The number of alkyl halides is 3. The molecular weight excluding hydrogens is 417 g/mol. The summed E-state index contributed by atoms with van der Waals surface area (Å²) in [5, 5.41) is 2.38. The van der Waals surface area contributed by atoms with E-state index in [1.165, 1.54) is 4.40 Å². The Morgan fingerprint density at radius 1 is 1.25 bits per heavy atom. The number of nitrogens with zero attached hydrogens (tertiary/aromatic N) is 3. The highest BCUT2D eigenvalue weighted by molar-refractivity contribution is 7.99. The first-order valence-electron chi connectivity index (χ1n) is 7.80. The number of thioether (sulfide) groups is 1. The summed E-state index contributed by atoms with van der Waals surface area (Å²) in [5.41, 5.74) is -0.402. The molecule has 3 aromatic rings. The van der Waals surface area contributed by atoms with Crippen LogP contribution in [0.3, 0.4) is 0 Å². The largest absolute Gasteiger partial charge is 0.416 e. The zero-order valence-electron chi connectivity index (χ0n) is 14.2. The van der Waals surface area contributed by atoms with Crippen molar-refractivity contribution in [2.75, 3.05) is 11.1 Å². The molecule has 0 unspecified atom stereocenters. The molecule has 0 aliphatic rings. The standard InChI is InChI=1S/C17H12ClF3N4O2S/c1-9-2-5-13-23-15(24-16(27)25(13)7-9)28-8-14(26)22-12-6-10(17(19,20)21)3-4-11(12)18/h2-7H,8H2,1H3,(H,22,26). The number of nitrogens with one attached hydrogen (secondary N) is 1. The fraction of sp³-hybridized carbons (Fsp3) is 0.176. The van der Waals surface area contributed by atoms with E-state index in [1.54, 1.807) is 18.3 Å². The first kappa shape index (κ1) is 20.2. The van der Waals surface area contributed by atoms with Crippen molar-refractivity contribution in [3.8, 4) is 0 Å². The van der Waals surface area contributed by atoms with Crippen LogP contribution in [0, 0.1) is 6.92 Å². The first-order chi connectivity index (χ1) is 13.1. The first-order valence-corrected chi connectivity index (χ1v) is 9.16. The molecule has 0 aliphatic heterocycles. The summed E-state index contributed by atoms with van der Waals surface area (Å²) in [6.45, 7) is 1.82. The van der Waals surface area contributed by atoms with E-state index < -0.39 is 23.3 Å². The number of halogens is 4. The predicted molar refractivity (Wildman–Crippen MR) is 99.8 cm³/mol. The van der Waals surface area contributed by atoms with Crippen LogP contribution in [0.4, 0.5) is 18.9 Å². The fourth-order valence-electron chi connectivity index (χ4n) is 2.28. The van der Waals surface area contributed by atoms with Gasteiger partial charge < -0.3 is 5.32 Å². The van der Waals surface area contributed by atoms with Gasteiger partial charge in [-0.1, -0.05) is 29.4 Å². The van der Waals surface area contributed by atoms with Gasteiger partial charge in [-0.2, -0.15) is 18.2 Å². The van der Waals surface area contributed by atoms with Gasteiger partial charge in [0.1, 0.15) is 5.65 Å². The molecule has 0 radical (unpaired) electrons. The number of carbonyl (C=O) groups excluding carboxylic acids is 1. The third kappa shape index (κ3) is 4.63. The van der Waals surface area contributed by atoms with Crippen molar-refractivity contribution in [3.05, 3.63) is 63.2 Å². The van der Waals surface area contributed by atoms with Gasteiger partial charge in [-0.25, -0.2) is 9.78 Å². The minimum absolute atomic E-state index is 0.0260. The Morgan fingerprint density at radius 2 is 2.00 bits per heavy atom. The van der Waals surface area contributed by atoms with E-state index in [4.69, 9.17) is 11.6 Å². The zero-order chi connectivity index (χ0) is 20.5. The molecule has 6 nitrogen and oxygen atoms in total. The molecule has 2 heterocycles. The third-order valence-corrected chi connectivity index (χ3v) is 4.76. The Hall–Kier alpha value is -2.59. The van der Waals surface area contributed by atoms with Crippen LogP contribution in [0.1, 0.15) is 11.1 Å². The smallest absolute Gasteiger partial charge is 0.324 e. The summed E-state index contributed by atoms with van der Waals surface area (Å²) >= 11 is 6.73. The number of rotatable bonds is 4. The van der Waals surface area contributed by atoms with E-state index >= 15 is 0 Å². The monoisotopic (exact) mass is 428 g/mol. The van der Waals surface area contributed by atoms with Gasteiger partial charge in [-0.15, -0.1) is 0 Å². The van der Waals surface area contributed by atoms with E-state index in [1.807, 2.05) is 6.92 Å². The predicted octanol–water partition coefficient (Wildman–Crippen LogP) is 3.80. The SMILES string of the molecule is Cc1ccc2nc(SCC(=O)Nc3cc(C(F)(F)F)ccc3Cl)nc(=O)n2c1. The van der Waals surface area contributed by atoms with Gasteiger partial charge in [-0.05, 0) is 36.8 Å². The van der Waals surface area contributed by atoms with Crippen LogP contribution < -0.4 is 11.0 Å². The van der Waals surface area contributed by atoms with Gasteiger partial charge in [-0.3, -0.25) is 9.20 Å². The molecule has 0 atom stereocenters. The normalized spacial score (nSPS) is 11.6. The fourth-order valence-corrected chi connectivity index (χ4v) is 3.08. The average Bonchev–Trinajstić information content (AvgIpc) is 2.61. The van der Waals surface area contributed by atoms with Gasteiger partial charge in [0, 0.05) is 6.20 Å². The maximum atomic E-state index is 12.8. The second kappa shape index (κ2) is 7.80. The van der Waals surface area contributed by atoms with Crippen LogP contribution in [0.15, 0.2) is 46.5 Å². The number of pyridine rings is 1. The lowest BCUT2D eigenvalue weighted by Crippen LogP contribution is -2.20. The Balaban J connectivity index is 1.72. The number of fused-ring (bicyclic) bond motifs is 1.